The van der Waals surface area contributed by atoms with Gasteiger partial charge in [0.25, 0.3) is 0 Å². The summed E-state index contributed by atoms with van der Waals surface area (Å²) in [5.41, 5.74) is 2.87. The summed E-state index contributed by atoms with van der Waals surface area (Å²) in [6.45, 7) is 2.03. The predicted molar refractivity (Wildman–Crippen MR) is 64.8 cm³/mol. The lowest BCUT2D eigenvalue weighted by Crippen LogP contribution is -1.86. The quantitative estimate of drug-likeness (QED) is 0.691. The highest BCUT2D eigenvalue weighted by molar-refractivity contribution is 5.59. The summed E-state index contributed by atoms with van der Waals surface area (Å²) in [6, 6.07) is 11.4. The molecule has 1 aromatic carbocycles. The fraction of sp³-hybridized carbons (Fsp3) is 0.0769. The number of fused-ring (bicyclic) bond motifs is 1. The van der Waals surface area contributed by atoms with Crippen molar-refractivity contribution in [3.05, 3.63) is 48.2 Å². The van der Waals surface area contributed by atoms with Crippen LogP contribution in [0.1, 0.15) is 5.56 Å². The van der Waals surface area contributed by atoms with Gasteiger partial charge in [-0.3, -0.25) is 0 Å². The number of hydrogen-bond donors (Lipinski definition) is 1. The molecule has 0 aliphatic heterocycles. The topological polar surface area (TPSA) is 50.4 Å². The van der Waals surface area contributed by atoms with Crippen molar-refractivity contribution in [1.29, 1.82) is 0 Å². The normalized spacial score (nSPS) is 10.9. The first-order valence-corrected chi connectivity index (χ1v) is 5.35. The predicted octanol–water partition coefficient (Wildman–Crippen LogP) is 2.41. The molecule has 84 valence electrons. The Morgan fingerprint density at radius 1 is 1.18 bits per heavy atom. The van der Waals surface area contributed by atoms with E-state index >= 15 is 0 Å². The maximum Gasteiger partial charge on any atom is 0.182 e. The van der Waals surface area contributed by atoms with Crippen molar-refractivity contribution in [3.8, 4) is 17.1 Å². The standard InChI is InChI=1S/C13H11N3O/c1-9-3-2-4-10(7-9)13-14-12-6-5-11(17)8-16(12)15-13/h2-8,17H,1H3. The third-order valence-corrected chi connectivity index (χ3v) is 2.59. The molecule has 0 unspecified atom stereocenters. The molecule has 0 bridgehead atoms. The van der Waals surface area contributed by atoms with Crippen LogP contribution in [0.3, 0.4) is 0 Å². The van der Waals surface area contributed by atoms with Gasteiger partial charge in [-0.15, -0.1) is 5.10 Å². The van der Waals surface area contributed by atoms with E-state index in [2.05, 4.69) is 10.1 Å². The van der Waals surface area contributed by atoms with Gasteiger partial charge in [-0.1, -0.05) is 23.8 Å². The molecular weight excluding hydrogens is 214 g/mol. The number of benzene rings is 1. The minimum atomic E-state index is 0.179. The van der Waals surface area contributed by atoms with E-state index in [1.165, 1.54) is 5.56 Å². The molecular formula is C13H11N3O. The molecule has 0 amide bonds. The largest absolute Gasteiger partial charge is 0.506 e. The summed E-state index contributed by atoms with van der Waals surface area (Å²) in [4.78, 5) is 4.41. The van der Waals surface area contributed by atoms with E-state index < -0.39 is 0 Å². The fourth-order valence-corrected chi connectivity index (χ4v) is 1.78. The second kappa shape index (κ2) is 3.59. The lowest BCUT2D eigenvalue weighted by Gasteiger charge is -1.95. The van der Waals surface area contributed by atoms with Gasteiger partial charge in [-0.25, -0.2) is 9.50 Å². The SMILES string of the molecule is Cc1cccc(-c2nc3ccc(O)cn3n2)c1. The second-order valence-corrected chi connectivity index (χ2v) is 3.99. The Kier molecular flexibility index (Phi) is 2.08. The molecule has 4 nitrogen and oxygen atoms in total. The van der Waals surface area contributed by atoms with Crippen molar-refractivity contribution in [2.24, 2.45) is 0 Å². The molecule has 2 aromatic heterocycles. The molecule has 4 heteroatoms. The van der Waals surface area contributed by atoms with Crippen molar-refractivity contribution in [2.75, 3.05) is 0 Å². The number of hydrogen-bond acceptors (Lipinski definition) is 3. The third kappa shape index (κ3) is 1.73. The molecule has 0 aliphatic carbocycles. The van der Waals surface area contributed by atoms with Crippen LogP contribution in [-0.4, -0.2) is 19.7 Å². The molecule has 0 atom stereocenters. The van der Waals surface area contributed by atoms with Gasteiger partial charge in [0.05, 0.1) is 6.20 Å². The van der Waals surface area contributed by atoms with Crippen molar-refractivity contribution in [3.63, 3.8) is 0 Å². The first-order chi connectivity index (χ1) is 8.22. The van der Waals surface area contributed by atoms with Crippen LogP contribution in [-0.2, 0) is 0 Å². The van der Waals surface area contributed by atoms with Gasteiger partial charge < -0.3 is 5.11 Å². The van der Waals surface area contributed by atoms with Gasteiger partial charge in [0.15, 0.2) is 11.5 Å². The average molecular weight is 225 g/mol. The van der Waals surface area contributed by atoms with Gasteiger partial charge >= 0.3 is 0 Å². The lowest BCUT2D eigenvalue weighted by molar-refractivity contribution is 0.470. The van der Waals surface area contributed by atoms with Gasteiger partial charge in [-0.05, 0) is 25.1 Å². The Hall–Kier alpha value is -2.36. The zero-order chi connectivity index (χ0) is 11.8. The molecule has 0 aliphatic rings. The fourth-order valence-electron chi connectivity index (χ4n) is 1.78. The summed E-state index contributed by atoms with van der Waals surface area (Å²) in [5, 5.41) is 13.7. The number of nitrogens with zero attached hydrogens (tertiary/aromatic N) is 3. The Labute approximate surface area is 98.2 Å². The Morgan fingerprint density at radius 3 is 2.88 bits per heavy atom. The van der Waals surface area contributed by atoms with Crippen molar-refractivity contribution in [1.82, 2.24) is 14.6 Å². The van der Waals surface area contributed by atoms with Crippen molar-refractivity contribution < 1.29 is 5.11 Å². The van der Waals surface area contributed by atoms with E-state index in [1.54, 1.807) is 22.8 Å². The first-order valence-electron chi connectivity index (χ1n) is 5.35. The van der Waals surface area contributed by atoms with Crippen LogP contribution in [0.4, 0.5) is 0 Å². The van der Waals surface area contributed by atoms with E-state index in [9.17, 15) is 5.11 Å². The van der Waals surface area contributed by atoms with Crippen molar-refractivity contribution >= 4 is 5.65 Å². The molecule has 2 heterocycles. The van der Waals surface area contributed by atoms with Crippen LogP contribution in [0.2, 0.25) is 0 Å². The number of aromatic nitrogens is 3. The number of aromatic hydroxyl groups is 1. The van der Waals surface area contributed by atoms with Gasteiger partial charge in [0, 0.05) is 5.56 Å². The molecule has 3 aromatic rings. The summed E-state index contributed by atoms with van der Waals surface area (Å²) >= 11 is 0. The number of aryl methyl sites for hydroxylation is 1. The molecule has 17 heavy (non-hydrogen) atoms. The zero-order valence-corrected chi connectivity index (χ0v) is 9.33. The monoisotopic (exact) mass is 225 g/mol. The number of pyridine rings is 1. The van der Waals surface area contributed by atoms with Crippen LogP contribution in [0.25, 0.3) is 17.0 Å². The van der Waals surface area contributed by atoms with Crippen LogP contribution >= 0.6 is 0 Å². The zero-order valence-electron chi connectivity index (χ0n) is 9.33. The minimum absolute atomic E-state index is 0.179. The Bertz CT molecular complexity index is 688. The summed E-state index contributed by atoms with van der Waals surface area (Å²) in [6.07, 6.45) is 1.54. The maximum absolute atomic E-state index is 9.37. The maximum atomic E-state index is 9.37. The molecule has 1 N–H and O–H groups in total. The lowest BCUT2D eigenvalue weighted by atomic mass is 10.1. The van der Waals surface area contributed by atoms with E-state index in [0.717, 1.165) is 11.2 Å². The van der Waals surface area contributed by atoms with Crippen LogP contribution in [0.15, 0.2) is 42.6 Å². The Morgan fingerprint density at radius 2 is 2.06 bits per heavy atom. The highest BCUT2D eigenvalue weighted by atomic mass is 16.3. The molecule has 3 rings (SSSR count). The van der Waals surface area contributed by atoms with Crippen LogP contribution < -0.4 is 0 Å². The van der Waals surface area contributed by atoms with Crippen LogP contribution in [0.5, 0.6) is 5.75 Å². The van der Waals surface area contributed by atoms with E-state index in [4.69, 9.17) is 0 Å². The highest BCUT2D eigenvalue weighted by Gasteiger charge is 2.06. The molecule has 0 spiro atoms. The van der Waals surface area contributed by atoms with Crippen molar-refractivity contribution in [2.45, 2.75) is 6.92 Å². The van der Waals surface area contributed by atoms with Crippen LogP contribution in [0, 0.1) is 6.92 Å². The second-order valence-electron chi connectivity index (χ2n) is 3.99. The highest BCUT2D eigenvalue weighted by Crippen LogP contribution is 2.18. The van der Waals surface area contributed by atoms with E-state index in [0.29, 0.717) is 5.82 Å². The average Bonchev–Trinajstić information content (AvgIpc) is 2.72. The van der Waals surface area contributed by atoms with E-state index in [1.807, 2.05) is 31.2 Å². The van der Waals surface area contributed by atoms with Gasteiger partial charge in [0.2, 0.25) is 0 Å². The minimum Gasteiger partial charge on any atom is -0.506 e. The molecule has 0 fully saturated rings. The Balaban J connectivity index is 2.18. The molecule has 0 radical (unpaired) electrons. The van der Waals surface area contributed by atoms with Gasteiger partial charge in [0.1, 0.15) is 5.75 Å². The van der Waals surface area contributed by atoms with Gasteiger partial charge in [-0.2, -0.15) is 0 Å². The molecule has 0 saturated carbocycles. The first kappa shape index (κ1) is 9.84. The smallest absolute Gasteiger partial charge is 0.182 e. The number of rotatable bonds is 1. The summed E-state index contributed by atoms with van der Waals surface area (Å²) in [5.74, 6) is 0.845. The third-order valence-electron chi connectivity index (χ3n) is 2.59. The molecule has 0 saturated heterocycles. The summed E-state index contributed by atoms with van der Waals surface area (Å²) in [7, 11) is 0. The summed E-state index contributed by atoms with van der Waals surface area (Å²) < 4.78 is 1.58. The van der Waals surface area contributed by atoms with E-state index in [-0.39, 0.29) is 5.75 Å².